The molecule has 0 spiro atoms. The van der Waals surface area contributed by atoms with Crippen LogP contribution in [-0.4, -0.2) is 52.8 Å². The maximum atomic E-state index is 13.0. The van der Waals surface area contributed by atoms with Crippen LogP contribution in [0.15, 0.2) is 28.9 Å². The van der Waals surface area contributed by atoms with Crippen molar-refractivity contribution in [3.8, 4) is 5.75 Å². The molecule has 0 radical (unpaired) electrons. The summed E-state index contributed by atoms with van der Waals surface area (Å²) in [4.78, 5) is 31.7. The summed E-state index contributed by atoms with van der Waals surface area (Å²) in [6.45, 7) is 2.49. The number of nitrogens with zero attached hydrogens (tertiary/aromatic N) is 3. The monoisotopic (exact) mass is 381 g/mol. The van der Waals surface area contributed by atoms with Crippen LogP contribution in [-0.2, 0) is 11.4 Å². The predicted molar refractivity (Wildman–Crippen MR) is 90.4 cm³/mol. The van der Waals surface area contributed by atoms with Gasteiger partial charge in [-0.2, -0.15) is 0 Å². The van der Waals surface area contributed by atoms with Gasteiger partial charge in [0.25, 0.3) is 5.91 Å². The summed E-state index contributed by atoms with van der Waals surface area (Å²) in [6.07, 6.45) is 1.23. The van der Waals surface area contributed by atoms with Gasteiger partial charge >= 0.3 is 0 Å². The van der Waals surface area contributed by atoms with E-state index in [-0.39, 0.29) is 40.8 Å². The van der Waals surface area contributed by atoms with Gasteiger partial charge in [-0.25, -0.2) is 9.37 Å². The molecule has 0 bridgehead atoms. The average molecular weight is 382 g/mol. The molecule has 3 rings (SSSR count). The Morgan fingerprint density at radius 1 is 1.46 bits per heavy atom. The summed E-state index contributed by atoms with van der Waals surface area (Å²) in [7, 11) is 1.70. The molecule has 1 unspecified atom stereocenters. The first-order valence-electron chi connectivity index (χ1n) is 7.95. The van der Waals surface area contributed by atoms with Gasteiger partial charge in [0.1, 0.15) is 23.9 Å². The normalized spacial score (nSPS) is 17.5. The van der Waals surface area contributed by atoms with Crippen LogP contribution in [0.3, 0.4) is 0 Å². The minimum atomic E-state index is -0.560. The van der Waals surface area contributed by atoms with Gasteiger partial charge < -0.3 is 19.0 Å². The molecule has 1 aromatic carbocycles. The maximum absolute atomic E-state index is 13.0. The summed E-state index contributed by atoms with van der Waals surface area (Å²) < 4.78 is 23.7. The second-order valence-electron chi connectivity index (χ2n) is 5.92. The standard InChI is InChI=1S/C17H17ClFN3O4/c1-10-16(23)21(2)5-6-22(10)17(24)13-8-26-15(20-13)9-25-14-4-3-11(19)7-12(14)18/h3-4,7-8,10H,5-6,9H2,1-2H3. The summed E-state index contributed by atoms with van der Waals surface area (Å²) in [6, 6.07) is 3.19. The van der Waals surface area contributed by atoms with E-state index in [2.05, 4.69) is 4.98 Å². The lowest BCUT2D eigenvalue weighted by molar-refractivity contribution is -0.137. The van der Waals surface area contributed by atoms with E-state index in [1.807, 2.05) is 0 Å². The largest absolute Gasteiger partial charge is 0.482 e. The van der Waals surface area contributed by atoms with E-state index >= 15 is 0 Å². The molecule has 9 heteroatoms. The van der Waals surface area contributed by atoms with Gasteiger partial charge in [0.05, 0.1) is 5.02 Å². The lowest BCUT2D eigenvalue weighted by atomic mass is 10.1. The van der Waals surface area contributed by atoms with Gasteiger partial charge in [-0.15, -0.1) is 0 Å². The molecular formula is C17H17ClFN3O4. The number of ether oxygens (including phenoxy) is 1. The van der Waals surface area contributed by atoms with Gasteiger partial charge in [0.2, 0.25) is 11.8 Å². The molecule has 1 aliphatic rings. The molecule has 2 heterocycles. The van der Waals surface area contributed by atoms with Crippen molar-refractivity contribution in [1.29, 1.82) is 0 Å². The topological polar surface area (TPSA) is 75.9 Å². The summed E-state index contributed by atoms with van der Waals surface area (Å²) >= 11 is 5.88. The van der Waals surface area contributed by atoms with E-state index in [1.54, 1.807) is 18.9 Å². The Labute approximate surface area is 154 Å². The highest BCUT2D eigenvalue weighted by atomic mass is 35.5. The molecule has 1 saturated heterocycles. The van der Waals surface area contributed by atoms with E-state index in [0.29, 0.717) is 13.1 Å². The fourth-order valence-corrected chi connectivity index (χ4v) is 2.87. The Morgan fingerprint density at radius 3 is 2.96 bits per heavy atom. The molecule has 0 saturated carbocycles. The van der Waals surface area contributed by atoms with Gasteiger partial charge in [0, 0.05) is 20.1 Å². The number of halogens is 2. The average Bonchev–Trinajstić information content (AvgIpc) is 3.07. The number of likely N-dealkylation sites (N-methyl/N-ethyl adjacent to an activating group) is 1. The summed E-state index contributed by atoms with van der Waals surface area (Å²) in [5.41, 5.74) is 0.0954. The van der Waals surface area contributed by atoms with E-state index in [0.717, 1.165) is 6.07 Å². The molecule has 1 aliphatic heterocycles. The minimum Gasteiger partial charge on any atom is -0.482 e. The minimum absolute atomic E-state index is 0.0736. The van der Waals surface area contributed by atoms with Crippen molar-refractivity contribution in [2.45, 2.75) is 19.6 Å². The maximum Gasteiger partial charge on any atom is 0.276 e. The van der Waals surface area contributed by atoms with Crippen molar-refractivity contribution in [3.63, 3.8) is 0 Å². The van der Waals surface area contributed by atoms with Crippen LogP contribution >= 0.6 is 11.6 Å². The summed E-state index contributed by atoms with van der Waals surface area (Å²) in [5.74, 6) is -0.530. The first kappa shape index (κ1) is 18.2. The SMILES string of the molecule is CC1C(=O)N(C)CCN1C(=O)c1coc(COc2ccc(F)cc2Cl)n1. The van der Waals surface area contributed by atoms with Gasteiger partial charge in [-0.3, -0.25) is 9.59 Å². The van der Waals surface area contributed by atoms with Gasteiger partial charge in [-0.05, 0) is 25.1 Å². The van der Waals surface area contributed by atoms with E-state index < -0.39 is 11.9 Å². The van der Waals surface area contributed by atoms with Crippen molar-refractivity contribution in [3.05, 3.63) is 46.9 Å². The van der Waals surface area contributed by atoms with Crippen molar-refractivity contribution < 1.29 is 23.1 Å². The van der Waals surface area contributed by atoms with Crippen LogP contribution in [0, 0.1) is 5.82 Å². The third kappa shape index (κ3) is 3.65. The van der Waals surface area contributed by atoms with Crippen LogP contribution < -0.4 is 4.74 Å². The van der Waals surface area contributed by atoms with Crippen LogP contribution in [0.2, 0.25) is 5.02 Å². The number of hydrogen-bond acceptors (Lipinski definition) is 5. The molecule has 1 atom stereocenters. The lowest BCUT2D eigenvalue weighted by Gasteiger charge is -2.36. The smallest absolute Gasteiger partial charge is 0.276 e. The Morgan fingerprint density at radius 2 is 2.23 bits per heavy atom. The van der Waals surface area contributed by atoms with Crippen molar-refractivity contribution in [1.82, 2.24) is 14.8 Å². The lowest BCUT2D eigenvalue weighted by Crippen LogP contribution is -2.56. The Bertz CT molecular complexity index is 841. The molecule has 7 nitrogen and oxygen atoms in total. The molecule has 2 amide bonds. The molecule has 2 aromatic rings. The fourth-order valence-electron chi connectivity index (χ4n) is 2.65. The number of piperazine rings is 1. The van der Waals surface area contributed by atoms with Crippen LogP contribution in [0.5, 0.6) is 5.75 Å². The number of aromatic nitrogens is 1. The number of oxazole rings is 1. The zero-order chi connectivity index (χ0) is 18.8. The highest BCUT2D eigenvalue weighted by Gasteiger charge is 2.34. The third-order valence-electron chi connectivity index (χ3n) is 4.15. The number of carbonyl (C=O) groups is 2. The number of carbonyl (C=O) groups excluding carboxylic acids is 2. The zero-order valence-electron chi connectivity index (χ0n) is 14.2. The highest BCUT2D eigenvalue weighted by molar-refractivity contribution is 6.32. The Hall–Kier alpha value is -2.61. The summed E-state index contributed by atoms with van der Waals surface area (Å²) in [5, 5.41) is 0.123. The predicted octanol–water partition coefficient (Wildman–Crippen LogP) is 2.35. The molecule has 26 heavy (non-hydrogen) atoms. The van der Waals surface area contributed by atoms with E-state index in [1.165, 1.54) is 23.3 Å². The third-order valence-corrected chi connectivity index (χ3v) is 4.45. The van der Waals surface area contributed by atoms with Gasteiger partial charge in [0.15, 0.2) is 12.3 Å². The van der Waals surface area contributed by atoms with E-state index in [4.69, 9.17) is 20.8 Å². The van der Waals surface area contributed by atoms with Crippen molar-refractivity contribution in [2.24, 2.45) is 0 Å². The number of amides is 2. The van der Waals surface area contributed by atoms with Gasteiger partial charge in [-0.1, -0.05) is 11.6 Å². The second kappa shape index (κ2) is 7.33. The number of hydrogen-bond donors (Lipinski definition) is 0. The van der Waals surface area contributed by atoms with Crippen LogP contribution in [0.4, 0.5) is 4.39 Å². The molecule has 0 N–H and O–H groups in total. The van der Waals surface area contributed by atoms with Crippen LogP contribution in [0.25, 0.3) is 0 Å². The van der Waals surface area contributed by atoms with Crippen molar-refractivity contribution in [2.75, 3.05) is 20.1 Å². The first-order valence-corrected chi connectivity index (χ1v) is 8.33. The number of rotatable bonds is 4. The molecule has 138 valence electrons. The molecule has 1 aromatic heterocycles. The number of benzene rings is 1. The molecule has 1 fully saturated rings. The quantitative estimate of drug-likeness (QED) is 0.812. The Balaban J connectivity index is 1.65. The first-order chi connectivity index (χ1) is 12.4. The molecular weight excluding hydrogens is 365 g/mol. The fraction of sp³-hybridized carbons (Fsp3) is 0.353. The Kier molecular flexibility index (Phi) is 5.13. The van der Waals surface area contributed by atoms with E-state index in [9.17, 15) is 14.0 Å². The second-order valence-corrected chi connectivity index (χ2v) is 6.33. The highest BCUT2D eigenvalue weighted by Crippen LogP contribution is 2.25. The van der Waals surface area contributed by atoms with Crippen LogP contribution in [0.1, 0.15) is 23.3 Å². The van der Waals surface area contributed by atoms with Crippen molar-refractivity contribution >= 4 is 23.4 Å². The molecule has 0 aliphatic carbocycles. The zero-order valence-corrected chi connectivity index (χ0v) is 15.0.